The van der Waals surface area contributed by atoms with Gasteiger partial charge in [0.15, 0.2) is 0 Å². The molecule has 0 aliphatic heterocycles. The molecular weight excluding hydrogens is 200 g/mol. The Balaban J connectivity index is 2.40. The Morgan fingerprint density at radius 3 is 2.50 bits per heavy atom. The minimum absolute atomic E-state index is 0.0534. The van der Waals surface area contributed by atoms with Gasteiger partial charge in [-0.05, 0) is 17.9 Å². The van der Waals surface area contributed by atoms with Crippen molar-refractivity contribution in [1.82, 2.24) is 0 Å². The lowest BCUT2D eigenvalue weighted by molar-refractivity contribution is -0.111. The lowest BCUT2D eigenvalue weighted by atomic mass is 10.0. The van der Waals surface area contributed by atoms with Crippen LogP contribution in [0.25, 0.3) is 0 Å². The van der Waals surface area contributed by atoms with Gasteiger partial charge in [0.25, 0.3) is 0 Å². The van der Waals surface area contributed by atoms with E-state index in [-0.39, 0.29) is 6.10 Å². The van der Waals surface area contributed by atoms with Gasteiger partial charge in [0.05, 0.1) is 12.7 Å². The zero-order valence-corrected chi connectivity index (χ0v) is 10.1. The van der Waals surface area contributed by atoms with Crippen LogP contribution in [0.5, 0.6) is 0 Å². The molecule has 1 aromatic rings. The van der Waals surface area contributed by atoms with Crippen LogP contribution in [0.1, 0.15) is 32.3 Å². The molecule has 0 amide bonds. The Morgan fingerprint density at radius 2 is 1.94 bits per heavy atom. The van der Waals surface area contributed by atoms with E-state index in [0.29, 0.717) is 18.9 Å². The molecule has 0 heterocycles. The normalized spacial score (nSPS) is 12.7. The molecule has 1 aromatic carbocycles. The fourth-order valence-electron chi connectivity index (χ4n) is 1.65. The van der Waals surface area contributed by atoms with Gasteiger partial charge in [-0.3, -0.25) is 0 Å². The van der Waals surface area contributed by atoms with Crippen LogP contribution in [0, 0.1) is 5.92 Å². The molecule has 88 valence electrons. The van der Waals surface area contributed by atoms with E-state index in [1.165, 1.54) is 0 Å². The van der Waals surface area contributed by atoms with Crippen molar-refractivity contribution in [2.75, 3.05) is 0 Å². The Bertz CT molecular complexity index is 293. The molecule has 0 radical (unpaired) electrons. The van der Waals surface area contributed by atoms with Crippen LogP contribution < -0.4 is 0 Å². The Hall–Kier alpha value is -1.15. The SMILES string of the molecule is CC(C)C[C@H](CC=O)OCc1ccccc1. The smallest absolute Gasteiger partial charge is 0.122 e. The number of ether oxygens (including phenoxy) is 1. The van der Waals surface area contributed by atoms with Gasteiger partial charge in [-0.2, -0.15) is 0 Å². The van der Waals surface area contributed by atoms with Gasteiger partial charge in [0.1, 0.15) is 6.29 Å². The van der Waals surface area contributed by atoms with Crippen LogP contribution >= 0.6 is 0 Å². The fourth-order valence-corrected chi connectivity index (χ4v) is 1.65. The summed E-state index contributed by atoms with van der Waals surface area (Å²) in [4.78, 5) is 10.5. The Morgan fingerprint density at radius 1 is 1.25 bits per heavy atom. The van der Waals surface area contributed by atoms with Crippen LogP contribution in [0.2, 0.25) is 0 Å². The molecule has 0 aromatic heterocycles. The molecule has 0 spiro atoms. The lowest BCUT2D eigenvalue weighted by Crippen LogP contribution is -2.16. The van der Waals surface area contributed by atoms with E-state index in [2.05, 4.69) is 13.8 Å². The number of rotatable bonds is 7. The maximum atomic E-state index is 10.5. The minimum Gasteiger partial charge on any atom is -0.373 e. The number of hydrogen-bond donors (Lipinski definition) is 0. The average Bonchev–Trinajstić information content (AvgIpc) is 2.27. The van der Waals surface area contributed by atoms with Crippen molar-refractivity contribution in [3.8, 4) is 0 Å². The fraction of sp³-hybridized carbons (Fsp3) is 0.500. The highest BCUT2D eigenvalue weighted by molar-refractivity contribution is 5.50. The van der Waals surface area contributed by atoms with Gasteiger partial charge in [-0.25, -0.2) is 0 Å². The van der Waals surface area contributed by atoms with E-state index in [0.717, 1.165) is 18.3 Å². The molecular formula is C14H20O2. The van der Waals surface area contributed by atoms with Crippen LogP contribution in [0.4, 0.5) is 0 Å². The predicted molar refractivity (Wildman–Crippen MR) is 65.2 cm³/mol. The largest absolute Gasteiger partial charge is 0.373 e. The van der Waals surface area contributed by atoms with Gasteiger partial charge in [0.2, 0.25) is 0 Å². The maximum Gasteiger partial charge on any atom is 0.122 e. The van der Waals surface area contributed by atoms with E-state index >= 15 is 0 Å². The van der Waals surface area contributed by atoms with Crippen LogP contribution in [-0.2, 0) is 16.1 Å². The summed E-state index contributed by atoms with van der Waals surface area (Å²) in [5, 5.41) is 0. The summed E-state index contributed by atoms with van der Waals surface area (Å²) in [6, 6.07) is 10.0. The molecule has 0 bridgehead atoms. The van der Waals surface area contributed by atoms with Gasteiger partial charge < -0.3 is 9.53 Å². The highest BCUT2D eigenvalue weighted by Crippen LogP contribution is 2.13. The topological polar surface area (TPSA) is 26.3 Å². The number of carbonyl (C=O) groups excluding carboxylic acids is 1. The zero-order valence-electron chi connectivity index (χ0n) is 10.1. The number of hydrogen-bond acceptors (Lipinski definition) is 2. The van der Waals surface area contributed by atoms with E-state index in [1.807, 2.05) is 30.3 Å². The van der Waals surface area contributed by atoms with Crippen molar-refractivity contribution < 1.29 is 9.53 Å². The van der Waals surface area contributed by atoms with Gasteiger partial charge in [-0.15, -0.1) is 0 Å². The van der Waals surface area contributed by atoms with Crippen molar-refractivity contribution >= 4 is 6.29 Å². The number of benzene rings is 1. The first-order valence-corrected chi connectivity index (χ1v) is 5.81. The molecule has 2 nitrogen and oxygen atoms in total. The second-order valence-electron chi connectivity index (χ2n) is 4.45. The average molecular weight is 220 g/mol. The van der Waals surface area contributed by atoms with Crippen LogP contribution in [-0.4, -0.2) is 12.4 Å². The van der Waals surface area contributed by atoms with Crippen LogP contribution in [0.3, 0.4) is 0 Å². The summed E-state index contributed by atoms with van der Waals surface area (Å²) < 4.78 is 5.75. The molecule has 0 unspecified atom stereocenters. The van der Waals surface area contributed by atoms with Crippen LogP contribution in [0.15, 0.2) is 30.3 Å². The van der Waals surface area contributed by atoms with E-state index in [1.54, 1.807) is 0 Å². The third-order valence-electron chi connectivity index (χ3n) is 2.42. The van der Waals surface area contributed by atoms with Crippen molar-refractivity contribution in [3.63, 3.8) is 0 Å². The van der Waals surface area contributed by atoms with Crippen molar-refractivity contribution in [1.29, 1.82) is 0 Å². The third kappa shape index (κ3) is 5.08. The number of aldehydes is 1. The monoisotopic (exact) mass is 220 g/mol. The van der Waals surface area contributed by atoms with E-state index < -0.39 is 0 Å². The molecule has 0 saturated carbocycles. The van der Waals surface area contributed by atoms with E-state index in [4.69, 9.17) is 4.74 Å². The summed E-state index contributed by atoms with van der Waals surface area (Å²) in [6.45, 7) is 4.87. The minimum atomic E-state index is 0.0534. The summed E-state index contributed by atoms with van der Waals surface area (Å²) in [5.41, 5.74) is 1.15. The first-order valence-electron chi connectivity index (χ1n) is 5.81. The summed E-state index contributed by atoms with van der Waals surface area (Å²) in [7, 11) is 0. The lowest BCUT2D eigenvalue weighted by Gasteiger charge is -2.17. The molecule has 0 fully saturated rings. The molecule has 0 N–H and O–H groups in total. The Labute approximate surface area is 97.6 Å². The molecule has 1 atom stereocenters. The quantitative estimate of drug-likeness (QED) is 0.659. The molecule has 0 aliphatic rings. The number of carbonyl (C=O) groups is 1. The molecule has 0 aliphatic carbocycles. The standard InChI is InChI=1S/C14H20O2/c1-12(2)10-14(8-9-15)16-11-13-6-4-3-5-7-13/h3-7,9,12,14H,8,10-11H2,1-2H3/t14-/m0/s1. The first kappa shape index (κ1) is 12.9. The second kappa shape index (κ2) is 7.18. The van der Waals surface area contributed by atoms with Gasteiger partial charge in [0, 0.05) is 6.42 Å². The van der Waals surface area contributed by atoms with Crippen molar-refractivity contribution in [2.24, 2.45) is 5.92 Å². The third-order valence-corrected chi connectivity index (χ3v) is 2.42. The van der Waals surface area contributed by atoms with E-state index in [9.17, 15) is 4.79 Å². The Kier molecular flexibility index (Phi) is 5.79. The zero-order chi connectivity index (χ0) is 11.8. The summed E-state index contributed by atoms with van der Waals surface area (Å²) >= 11 is 0. The molecule has 16 heavy (non-hydrogen) atoms. The highest BCUT2D eigenvalue weighted by atomic mass is 16.5. The molecule has 2 heteroatoms. The van der Waals surface area contributed by atoms with Crippen molar-refractivity contribution in [2.45, 2.75) is 39.4 Å². The van der Waals surface area contributed by atoms with Gasteiger partial charge in [-0.1, -0.05) is 44.2 Å². The maximum absolute atomic E-state index is 10.5. The highest BCUT2D eigenvalue weighted by Gasteiger charge is 2.10. The first-order chi connectivity index (χ1) is 7.72. The van der Waals surface area contributed by atoms with Gasteiger partial charge >= 0.3 is 0 Å². The predicted octanol–water partition coefficient (Wildman–Crippen LogP) is 3.21. The molecule has 0 saturated heterocycles. The second-order valence-corrected chi connectivity index (χ2v) is 4.45. The summed E-state index contributed by atoms with van der Waals surface area (Å²) in [5.74, 6) is 0.556. The summed E-state index contributed by atoms with van der Waals surface area (Å²) in [6.07, 6.45) is 2.42. The van der Waals surface area contributed by atoms with Crippen molar-refractivity contribution in [3.05, 3.63) is 35.9 Å². The molecule has 1 rings (SSSR count).